The predicted molar refractivity (Wildman–Crippen MR) is 90.1 cm³/mol. The van der Waals surface area contributed by atoms with E-state index in [1.807, 2.05) is 24.4 Å². The van der Waals surface area contributed by atoms with Gasteiger partial charge >= 0.3 is 0 Å². The average Bonchev–Trinajstić information content (AvgIpc) is 2.70. The van der Waals surface area contributed by atoms with Crippen LogP contribution in [0.1, 0.15) is 17.6 Å². The van der Waals surface area contributed by atoms with Crippen LogP contribution >= 0.6 is 0 Å². The molecule has 24 heavy (non-hydrogen) atoms. The summed E-state index contributed by atoms with van der Waals surface area (Å²) < 4.78 is 0. The zero-order valence-electron chi connectivity index (χ0n) is 13.6. The summed E-state index contributed by atoms with van der Waals surface area (Å²) >= 11 is 0. The second-order valence-corrected chi connectivity index (χ2v) is 6.05. The van der Waals surface area contributed by atoms with Crippen molar-refractivity contribution in [2.45, 2.75) is 11.7 Å². The number of piperazine rings is 2. The van der Waals surface area contributed by atoms with Gasteiger partial charge in [-0.2, -0.15) is 0 Å². The zero-order valence-corrected chi connectivity index (χ0v) is 13.6. The van der Waals surface area contributed by atoms with E-state index in [1.165, 1.54) is 0 Å². The van der Waals surface area contributed by atoms with E-state index in [2.05, 4.69) is 36.6 Å². The summed E-state index contributed by atoms with van der Waals surface area (Å²) in [7, 11) is 0. The number of hydrogen-bond acceptors (Lipinski definition) is 6. The van der Waals surface area contributed by atoms with E-state index >= 15 is 0 Å². The van der Waals surface area contributed by atoms with E-state index in [4.69, 9.17) is 5.32 Å². The molecule has 7 heteroatoms. The Kier molecular flexibility index (Phi) is 4.48. The Morgan fingerprint density at radius 1 is 0.958 bits per heavy atom. The standard InChI is InChI=1S/C17H22N7/c1-2-5-19-14(4-1)17(24-12-10-18-11-13-24)15(20-8-9-23-17)16-21-6-3-7-22-16/h1-7,15,18,20H,8-13H2. The molecule has 4 heterocycles. The summed E-state index contributed by atoms with van der Waals surface area (Å²) in [6.45, 7) is 5.32. The van der Waals surface area contributed by atoms with Crippen LogP contribution in [-0.4, -0.2) is 59.1 Å². The fourth-order valence-electron chi connectivity index (χ4n) is 3.66. The van der Waals surface area contributed by atoms with Gasteiger partial charge in [-0.05, 0) is 18.2 Å². The summed E-state index contributed by atoms with van der Waals surface area (Å²) in [6, 6.07) is 7.77. The van der Waals surface area contributed by atoms with Gasteiger partial charge in [0.1, 0.15) is 11.9 Å². The topological polar surface area (TPSA) is 80.1 Å². The first-order valence-electron chi connectivity index (χ1n) is 8.47. The molecule has 125 valence electrons. The minimum absolute atomic E-state index is 0.111. The Bertz CT molecular complexity index is 645. The van der Waals surface area contributed by atoms with Gasteiger partial charge in [0.25, 0.3) is 0 Å². The number of hydrogen-bond donors (Lipinski definition) is 2. The maximum absolute atomic E-state index is 5.11. The molecule has 0 bridgehead atoms. The highest BCUT2D eigenvalue weighted by Gasteiger charge is 2.51. The highest BCUT2D eigenvalue weighted by Crippen LogP contribution is 2.38. The number of nitrogens with one attached hydrogen (secondary N) is 2. The molecule has 7 nitrogen and oxygen atoms in total. The van der Waals surface area contributed by atoms with Gasteiger partial charge < -0.3 is 10.6 Å². The molecule has 0 amide bonds. The Morgan fingerprint density at radius 3 is 2.50 bits per heavy atom. The van der Waals surface area contributed by atoms with Crippen molar-refractivity contribution in [2.24, 2.45) is 0 Å². The van der Waals surface area contributed by atoms with E-state index in [1.54, 1.807) is 12.4 Å². The van der Waals surface area contributed by atoms with Gasteiger partial charge in [0.2, 0.25) is 0 Å². The maximum atomic E-state index is 5.11. The van der Waals surface area contributed by atoms with Crippen LogP contribution in [0.4, 0.5) is 0 Å². The van der Waals surface area contributed by atoms with Crippen molar-refractivity contribution in [3.63, 3.8) is 0 Å². The fraction of sp³-hybridized carbons (Fsp3) is 0.471. The molecule has 1 radical (unpaired) electrons. The molecule has 0 spiro atoms. The van der Waals surface area contributed by atoms with Gasteiger partial charge in [-0.15, -0.1) is 0 Å². The molecule has 2 N–H and O–H groups in total. The van der Waals surface area contributed by atoms with Gasteiger partial charge in [-0.3, -0.25) is 9.88 Å². The number of aromatic nitrogens is 3. The lowest BCUT2D eigenvalue weighted by molar-refractivity contribution is -0.0204. The van der Waals surface area contributed by atoms with Gasteiger partial charge in [0.05, 0.1) is 5.69 Å². The molecular formula is C17H22N7. The molecular weight excluding hydrogens is 302 g/mol. The third kappa shape index (κ3) is 2.69. The molecule has 2 fully saturated rings. The van der Waals surface area contributed by atoms with Gasteiger partial charge in [0, 0.05) is 57.9 Å². The van der Waals surface area contributed by atoms with Crippen molar-refractivity contribution in [3.05, 3.63) is 54.4 Å². The molecule has 2 atom stereocenters. The van der Waals surface area contributed by atoms with Gasteiger partial charge in [-0.25, -0.2) is 15.3 Å². The van der Waals surface area contributed by atoms with Crippen LogP contribution in [0.5, 0.6) is 0 Å². The second kappa shape index (κ2) is 6.90. The van der Waals surface area contributed by atoms with Crippen LogP contribution in [0.15, 0.2) is 42.9 Å². The summed E-state index contributed by atoms with van der Waals surface area (Å²) in [6.07, 6.45) is 5.42. The minimum Gasteiger partial charge on any atom is -0.314 e. The lowest BCUT2D eigenvalue weighted by atomic mass is 9.89. The summed E-state index contributed by atoms with van der Waals surface area (Å²) in [5, 5.41) is 12.1. The van der Waals surface area contributed by atoms with E-state index in [0.29, 0.717) is 0 Å². The molecule has 0 aromatic carbocycles. The maximum Gasteiger partial charge on any atom is 0.153 e. The molecule has 2 aromatic rings. The quantitative estimate of drug-likeness (QED) is 0.819. The van der Waals surface area contributed by atoms with Crippen molar-refractivity contribution < 1.29 is 0 Å². The van der Waals surface area contributed by atoms with Crippen LogP contribution in [0.3, 0.4) is 0 Å². The monoisotopic (exact) mass is 324 g/mol. The molecule has 2 aliphatic rings. The lowest BCUT2D eigenvalue weighted by Crippen LogP contribution is -2.67. The van der Waals surface area contributed by atoms with Crippen molar-refractivity contribution >= 4 is 0 Å². The van der Waals surface area contributed by atoms with Crippen LogP contribution in [0.25, 0.3) is 0 Å². The van der Waals surface area contributed by atoms with Crippen LogP contribution < -0.4 is 16.0 Å². The van der Waals surface area contributed by atoms with Crippen molar-refractivity contribution in [3.8, 4) is 0 Å². The normalized spacial score (nSPS) is 28.6. The Labute approximate surface area is 141 Å². The van der Waals surface area contributed by atoms with E-state index in [0.717, 1.165) is 50.8 Å². The van der Waals surface area contributed by atoms with Crippen LogP contribution in [0, 0.1) is 0 Å². The van der Waals surface area contributed by atoms with Gasteiger partial charge in [-0.1, -0.05) is 6.07 Å². The van der Waals surface area contributed by atoms with Crippen molar-refractivity contribution in [1.29, 1.82) is 0 Å². The van der Waals surface area contributed by atoms with Crippen molar-refractivity contribution in [2.75, 3.05) is 39.3 Å². The first-order valence-corrected chi connectivity index (χ1v) is 8.47. The SMILES string of the molecule is c1ccc(C2(N3CCNCC3)[N]CCNC2c2ncccn2)nc1. The van der Waals surface area contributed by atoms with Crippen LogP contribution in [-0.2, 0) is 5.66 Å². The summed E-state index contributed by atoms with van der Waals surface area (Å²) in [4.78, 5) is 16.1. The predicted octanol–water partition coefficient (Wildman–Crippen LogP) is -0.121. The highest BCUT2D eigenvalue weighted by molar-refractivity contribution is 5.23. The first kappa shape index (κ1) is 15.6. The molecule has 2 aliphatic heterocycles. The molecule has 0 saturated carbocycles. The average molecular weight is 324 g/mol. The Balaban J connectivity index is 1.83. The Morgan fingerprint density at radius 2 is 1.75 bits per heavy atom. The van der Waals surface area contributed by atoms with E-state index in [-0.39, 0.29) is 6.04 Å². The number of pyridine rings is 1. The fourth-order valence-corrected chi connectivity index (χ4v) is 3.66. The number of rotatable bonds is 3. The van der Waals surface area contributed by atoms with E-state index < -0.39 is 5.66 Å². The van der Waals surface area contributed by atoms with Gasteiger partial charge in [0.15, 0.2) is 5.66 Å². The Hall–Kier alpha value is -1.93. The molecule has 4 rings (SSSR count). The summed E-state index contributed by atoms with van der Waals surface area (Å²) in [5.41, 5.74) is 0.389. The zero-order chi connectivity index (χ0) is 16.2. The summed E-state index contributed by atoms with van der Waals surface area (Å²) in [5.74, 6) is 0.769. The van der Waals surface area contributed by atoms with Crippen molar-refractivity contribution in [1.82, 2.24) is 35.8 Å². The third-order valence-electron chi connectivity index (χ3n) is 4.70. The minimum atomic E-state index is -0.567. The second-order valence-electron chi connectivity index (χ2n) is 6.05. The molecule has 2 unspecified atom stereocenters. The number of nitrogens with zero attached hydrogens (tertiary/aromatic N) is 5. The third-order valence-corrected chi connectivity index (χ3v) is 4.70. The largest absolute Gasteiger partial charge is 0.314 e. The molecule has 2 saturated heterocycles. The molecule has 0 aliphatic carbocycles. The van der Waals surface area contributed by atoms with E-state index in [9.17, 15) is 0 Å². The van der Waals surface area contributed by atoms with Crippen LogP contribution in [0.2, 0.25) is 0 Å². The highest BCUT2D eigenvalue weighted by atomic mass is 15.4. The first-order chi connectivity index (χ1) is 11.9. The molecule has 2 aromatic heterocycles. The smallest absolute Gasteiger partial charge is 0.153 e. The lowest BCUT2D eigenvalue weighted by Gasteiger charge is -2.51.